The molecule has 2 atom stereocenters. The van der Waals surface area contributed by atoms with Crippen molar-refractivity contribution >= 4 is 29.1 Å². The number of nitrogens with one attached hydrogen (secondary N) is 2. The van der Waals surface area contributed by atoms with Gasteiger partial charge in [0.1, 0.15) is 6.10 Å². The maximum absolute atomic E-state index is 12.0. The molecule has 1 heterocycles. The molecular weight excluding hydrogens is 330 g/mol. The molecule has 134 valence electrons. The maximum Gasteiger partial charge on any atom is 0.261 e. The summed E-state index contributed by atoms with van der Waals surface area (Å²) in [6.45, 7) is 6.52. The zero-order chi connectivity index (χ0) is 18.1. The molecule has 8 heteroatoms. The van der Waals surface area contributed by atoms with Crippen molar-refractivity contribution in [2.45, 2.75) is 45.8 Å². The third-order valence-corrected chi connectivity index (χ3v) is 4.32. The van der Waals surface area contributed by atoms with Crippen molar-refractivity contribution < 1.29 is 19.1 Å². The van der Waals surface area contributed by atoms with Gasteiger partial charge in [-0.15, -0.1) is 11.3 Å². The van der Waals surface area contributed by atoms with Crippen molar-refractivity contribution in [3.05, 3.63) is 21.9 Å². The van der Waals surface area contributed by atoms with E-state index >= 15 is 0 Å². The van der Waals surface area contributed by atoms with Crippen molar-refractivity contribution in [2.75, 3.05) is 13.2 Å². The van der Waals surface area contributed by atoms with Gasteiger partial charge in [-0.2, -0.15) is 0 Å². The van der Waals surface area contributed by atoms with Crippen LogP contribution in [0.1, 0.15) is 53.6 Å². The molecule has 0 fully saturated rings. The van der Waals surface area contributed by atoms with E-state index in [9.17, 15) is 14.4 Å². The van der Waals surface area contributed by atoms with E-state index in [0.29, 0.717) is 36.4 Å². The topological polar surface area (TPSA) is 111 Å². The molecule has 1 rings (SSSR count). The van der Waals surface area contributed by atoms with Gasteiger partial charge in [-0.1, -0.05) is 6.92 Å². The van der Waals surface area contributed by atoms with E-state index in [1.54, 1.807) is 5.38 Å². The van der Waals surface area contributed by atoms with Gasteiger partial charge in [-0.25, -0.2) is 0 Å². The number of hydrogen-bond acceptors (Lipinski definition) is 5. The van der Waals surface area contributed by atoms with Crippen LogP contribution in [-0.4, -0.2) is 43.0 Å². The smallest absolute Gasteiger partial charge is 0.261 e. The Hall–Kier alpha value is -1.93. The SMILES string of the molecule is CCOC(CC)C(=O)N[C@@H](C)CCNC(=O)c1cc(C(N)=O)cs1. The maximum atomic E-state index is 12.0. The van der Waals surface area contributed by atoms with Gasteiger partial charge in [0.05, 0.1) is 10.4 Å². The number of thiophene rings is 1. The first-order valence-electron chi connectivity index (χ1n) is 7.97. The fourth-order valence-electron chi connectivity index (χ4n) is 2.06. The van der Waals surface area contributed by atoms with Crippen LogP contribution in [0.25, 0.3) is 0 Å². The monoisotopic (exact) mass is 355 g/mol. The molecule has 0 aliphatic rings. The van der Waals surface area contributed by atoms with E-state index in [1.807, 2.05) is 20.8 Å². The van der Waals surface area contributed by atoms with Crippen molar-refractivity contribution in [3.63, 3.8) is 0 Å². The summed E-state index contributed by atoms with van der Waals surface area (Å²) in [5.41, 5.74) is 5.48. The van der Waals surface area contributed by atoms with E-state index in [1.165, 1.54) is 17.4 Å². The minimum atomic E-state index is -0.554. The molecule has 0 saturated heterocycles. The van der Waals surface area contributed by atoms with Gasteiger partial charge in [-0.3, -0.25) is 14.4 Å². The highest BCUT2D eigenvalue weighted by Crippen LogP contribution is 2.14. The van der Waals surface area contributed by atoms with Gasteiger partial charge < -0.3 is 21.1 Å². The summed E-state index contributed by atoms with van der Waals surface area (Å²) in [6, 6.07) is 1.39. The number of amides is 3. The van der Waals surface area contributed by atoms with Gasteiger partial charge in [0.15, 0.2) is 0 Å². The lowest BCUT2D eigenvalue weighted by molar-refractivity contribution is -0.133. The van der Waals surface area contributed by atoms with Gasteiger partial charge in [0, 0.05) is 24.6 Å². The predicted molar refractivity (Wildman–Crippen MR) is 93.1 cm³/mol. The summed E-state index contributed by atoms with van der Waals surface area (Å²) in [6.07, 6.45) is 0.767. The lowest BCUT2D eigenvalue weighted by atomic mass is 10.2. The normalized spacial score (nSPS) is 13.1. The third-order valence-electron chi connectivity index (χ3n) is 3.39. The number of rotatable bonds is 10. The number of carbonyl (C=O) groups is 3. The highest BCUT2D eigenvalue weighted by Gasteiger charge is 2.18. The van der Waals surface area contributed by atoms with Crippen LogP contribution >= 0.6 is 11.3 Å². The summed E-state index contributed by atoms with van der Waals surface area (Å²) >= 11 is 1.17. The van der Waals surface area contributed by atoms with E-state index in [4.69, 9.17) is 10.5 Å². The van der Waals surface area contributed by atoms with Gasteiger partial charge in [0.2, 0.25) is 11.8 Å². The Kier molecular flexibility index (Phi) is 8.42. The number of carbonyl (C=O) groups excluding carboxylic acids is 3. The minimum Gasteiger partial charge on any atom is -0.369 e. The molecule has 0 bridgehead atoms. The first kappa shape index (κ1) is 20.1. The lowest BCUT2D eigenvalue weighted by Gasteiger charge is -2.19. The molecule has 1 aromatic rings. The number of hydrogen-bond donors (Lipinski definition) is 3. The van der Waals surface area contributed by atoms with E-state index in [2.05, 4.69) is 10.6 Å². The second-order valence-corrected chi connectivity index (χ2v) is 6.28. The zero-order valence-corrected chi connectivity index (χ0v) is 15.1. The predicted octanol–water partition coefficient (Wildman–Crippen LogP) is 1.29. The fourth-order valence-corrected chi connectivity index (χ4v) is 2.87. The number of nitrogens with two attached hydrogens (primary N) is 1. The molecule has 0 spiro atoms. The van der Waals surface area contributed by atoms with Gasteiger partial charge >= 0.3 is 0 Å². The average molecular weight is 355 g/mol. The summed E-state index contributed by atoms with van der Waals surface area (Å²) in [5.74, 6) is -0.948. The molecule has 0 aliphatic heterocycles. The molecule has 0 aliphatic carbocycles. The fraction of sp³-hybridized carbons (Fsp3) is 0.562. The van der Waals surface area contributed by atoms with Crippen molar-refractivity contribution in [1.82, 2.24) is 10.6 Å². The lowest BCUT2D eigenvalue weighted by Crippen LogP contribution is -2.42. The second-order valence-electron chi connectivity index (χ2n) is 5.37. The Bertz CT molecular complexity index is 573. The van der Waals surface area contributed by atoms with Gasteiger partial charge in [0.25, 0.3) is 5.91 Å². The molecule has 0 aromatic carbocycles. The molecule has 0 radical (unpaired) electrons. The Balaban J connectivity index is 2.36. The largest absolute Gasteiger partial charge is 0.369 e. The summed E-state index contributed by atoms with van der Waals surface area (Å²) in [5, 5.41) is 7.19. The Morgan fingerprint density at radius 3 is 2.58 bits per heavy atom. The Morgan fingerprint density at radius 2 is 2.04 bits per heavy atom. The molecule has 3 amide bonds. The summed E-state index contributed by atoms with van der Waals surface area (Å²) in [7, 11) is 0. The van der Waals surface area contributed by atoms with Crippen LogP contribution in [0, 0.1) is 0 Å². The molecule has 1 unspecified atom stereocenters. The zero-order valence-electron chi connectivity index (χ0n) is 14.3. The highest BCUT2D eigenvalue weighted by atomic mass is 32.1. The molecular formula is C16H25N3O4S. The Labute approximate surface area is 145 Å². The van der Waals surface area contributed by atoms with Crippen LogP contribution in [0.4, 0.5) is 0 Å². The Morgan fingerprint density at radius 1 is 1.33 bits per heavy atom. The molecule has 4 N–H and O–H groups in total. The van der Waals surface area contributed by atoms with Crippen molar-refractivity contribution in [1.29, 1.82) is 0 Å². The van der Waals surface area contributed by atoms with Crippen LogP contribution < -0.4 is 16.4 Å². The molecule has 1 aromatic heterocycles. The number of ether oxygens (including phenoxy) is 1. The molecule has 0 saturated carbocycles. The average Bonchev–Trinajstić information content (AvgIpc) is 3.02. The molecule has 24 heavy (non-hydrogen) atoms. The highest BCUT2D eigenvalue weighted by molar-refractivity contribution is 7.12. The van der Waals surface area contributed by atoms with E-state index in [-0.39, 0.29) is 17.9 Å². The minimum absolute atomic E-state index is 0.0863. The summed E-state index contributed by atoms with van der Waals surface area (Å²) < 4.78 is 5.36. The van der Waals surface area contributed by atoms with Crippen LogP contribution in [0.3, 0.4) is 0 Å². The summed E-state index contributed by atoms with van der Waals surface area (Å²) in [4.78, 5) is 35.4. The van der Waals surface area contributed by atoms with Crippen LogP contribution in [0.5, 0.6) is 0 Å². The van der Waals surface area contributed by atoms with Crippen LogP contribution in [0.2, 0.25) is 0 Å². The van der Waals surface area contributed by atoms with Crippen LogP contribution in [0.15, 0.2) is 11.4 Å². The van der Waals surface area contributed by atoms with Crippen molar-refractivity contribution in [2.24, 2.45) is 5.73 Å². The van der Waals surface area contributed by atoms with E-state index in [0.717, 1.165) is 0 Å². The first-order chi connectivity index (χ1) is 11.4. The van der Waals surface area contributed by atoms with Crippen LogP contribution in [-0.2, 0) is 9.53 Å². The quantitative estimate of drug-likeness (QED) is 0.587. The number of primary amides is 1. The van der Waals surface area contributed by atoms with E-state index < -0.39 is 12.0 Å². The third kappa shape index (κ3) is 6.29. The second kappa shape index (κ2) is 10.0. The first-order valence-corrected chi connectivity index (χ1v) is 8.85. The standard InChI is InChI=1S/C16H25N3O4S/c1-4-12(23-5-2)15(21)19-10(3)6-7-18-16(22)13-8-11(9-24-13)14(17)20/h8-10,12H,4-7H2,1-3H3,(H2,17,20)(H,18,22)(H,19,21)/t10-,12?/m0/s1. The molecule has 7 nitrogen and oxygen atoms in total. The van der Waals surface area contributed by atoms with Crippen molar-refractivity contribution in [3.8, 4) is 0 Å². The van der Waals surface area contributed by atoms with Gasteiger partial charge in [-0.05, 0) is 32.8 Å².